The molecular formula is C15H15NO3. The molecule has 2 aliphatic rings. The number of ketones is 1. The van der Waals surface area contributed by atoms with Gasteiger partial charge in [0, 0.05) is 12.3 Å². The smallest absolute Gasteiger partial charge is 0.238 e. The van der Waals surface area contributed by atoms with E-state index >= 15 is 0 Å². The van der Waals surface area contributed by atoms with Gasteiger partial charge in [0.1, 0.15) is 5.78 Å². The van der Waals surface area contributed by atoms with Gasteiger partial charge in [0.05, 0.1) is 17.5 Å². The zero-order valence-electron chi connectivity index (χ0n) is 10.7. The van der Waals surface area contributed by atoms with Crippen molar-refractivity contribution in [1.29, 1.82) is 0 Å². The molecule has 2 fully saturated rings. The maximum absolute atomic E-state index is 12.4. The number of fused-ring (bicyclic) bond motifs is 1. The third-order valence-electron chi connectivity index (χ3n) is 4.15. The van der Waals surface area contributed by atoms with Crippen LogP contribution in [0, 0.1) is 17.8 Å². The summed E-state index contributed by atoms with van der Waals surface area (Å²) in [5, 5.41) is 0. The highest BCUT2D eigenvalue weighted by Crippen LogP contribution is 2.40. The Balaban J connectivity index is 1.96. The van der Waals surface area contributed by atoms with Crippen molar-refractivity contribution in [3.8, 4) is 0 Å². The zero-order chi connectivity index (χ0) is 13.6. The lowest BCUT2D eigenvalue weighted by Crippen LogP contribution is -2.32. The topological polar surface area (TPSA) is 54.5 Å². The van der Waals surface area contributed by atoms with Gasteiger partial charge in [-0.15, -0.1) is 0 Å². The van der Waals surface area contributed by atoms with Gasteiger partial charge in [-0.25, -0.2) is 0 Å². The van der Waals surface area contributed by atoms with Crippen LogP contribution in [0.25, 0.3) is 0 Å². The highest BCUT2D eigenvalue weighted by molar-refractivity contribution is 6.23. The van der Waals surface area contributed by atoms with Crippen molar-refractivity contribution in [2.45, 2.75) is 19.8 Å². The molecule has 0 radical (unpaired) electrons. The van der Waals surface area contributed by atoms with Crippen molar-refractivity contribution in [2.24, 2.45) is 17.8 Å². The molecule has 1 aromatic carbocycles. The van der Waals surface area contributed by atoms with Crippen molar-refractivity contribution >= 4 is 23.3 Å². The molecule has 1 aliphatic carbocycles. The van der Waals surface area contributed by atoms with Gasteiger partial charge in [0.25, 0.3) is 0 Å². The fourth-order valence-corrected chi connectivity index (χ4v) is 3.04. The minimum Gasteiger partial charge on any atom is -0.299 e. The van der Waals surface area contributed by atoms with E-state index in [4.69, 9.17) is 0 Å². The first kappa shape index (κ1) is 12.1. The number of amides is 2. The highest BCUT2D eigenvalue weighted by Gasteiger charge is 2.52. The number of anilines is 1. The van der Waals surface area contributed by atoms with Crippen molar-refractivity contribution in [3.05, 3.63) is 30.3 Å². The van der Waals surface area contributed by atoms with E-state index in [2.05, 4.69) is 0 Å². The summed E-state index contributed by atoms with van der Waals surface area (Å²) in [6.45, 7) is 1.83. The number of benzene rings is 1. The van der Waals surface area contributed by atoms with E-state index in [0.717, 1.165) is 0 Å². The van der Waals surface area contributed by atoms with Gasteiger partial charge >= 0.3 is 0 Å². The highest BCUT2D eigenvalue weighted by atomic mass is 16.2. The Kier molecular flexibility index (Phi) is 2.73. The number of carbonyl (C=O) groups is 3. The molecule has 0 spiro atoms. The van der Waals surface area contributed by atoms with Gasteiger partial charge in [0.2, 0.25) is 11.8 Å². The van der Waals surface area contributed by atoms with Gasteiger partial charge < -0.3 is 0 Å². The maximum Gasteiger partial charge on any atom is 0.238 e. The quantitative estimate of drug-likeness (QED) is 0.721. The molecule has 98 valence electrons. The number of hydrogen-bond acceptors (Lipinski definition) is 3. The fraction of sp³-hybridized carbons (Fsp3) is 0.400. The van der Waals surface area contributed by atoms with Gasteiger partial charge in [-0.1, -0.05) is 25.1 Å². The Morgan fingerprint density at radius 2 is 1.63 bits per heavy atom. The van der Waals surface area contributed by atoms with E-state index in [-0.39, 0.29) is 35.9 Å². The first-order chi connectivity index (χ1) is 9.09. The molecule has 3 unspecified atom stereocenters. The van der Waals surface area contributed by atoms with E-state index in [0.29, 0.717) is 12.1 Å². The predicted molar refractivity (Wildman–Crippen MR) is 69.3 cm³/mol. The molecule has 1 saturated carbocycles. The molecule has 0 N–H and O–H groups in total. The van der Waals surface area contributed by atoms with E-state index in [1.807, 2.05) is 13.0 Å². The van der Waals surface area contributed by atoms with Crippen LogP contribution in [0.5, 0.6) is 0 Å². The van der Waals surface area contributed by atoms with E-state index < -0.39 is 5.92 Å². The van der Waals surface area contributed by atoms with Gasteiger partial charge in [0.15, 0.2) is 0 Å². The van der Waals surface area contributed by atoms with Crippen LogP contribution in [-0.2, 0) is 14.4 Å². The lowest BCUT2D eigenvalue weighted by Gasteiger charge is -2.24. The van der Waals surface area contributed by atoms with E-state index in [9.17, 15) is 14.4 Å². The molecule has 0 aromatic heterocycles. The molecule has 0 bridgehead atoms. The molecule has 3 rings (SSSR count). The standard InChI is InChI=1S/C15H15NO3/c1-9-7-11-12(8-13(9)17)15(19)16(14(11)18)10-5-3-2-4-6-10/h2-6,9,11-12H,7-8H2,1H3. The summed E-state index contributed by atoms with van der Waals surface area (Å²) in [7, 11) is 0. The molecule has 2 amide bonds. The Morgan fingerprint density at radius 3 is 2.32 bits per heavy atom. The molecule has 1 aromatic rings. The van der Waals surface area contributed by atoms with Crippen LogP contribution < -0.4 is 4.90 Å². The van der Waals surface area contributed by atoms with Crippen LogP contribution in [0.15, 0.2) is 30.3 Å². The van der Waals surface area contributed by atoms with Crippen LogP contribution in [0.3, 0.4) is 0 Å². The molecule has 3 atom stereocenters. The lowest BCUT2D eigenvalue weighted by molar-refractivity contribution is -0.132. The first-order valence-electron chi connectivity index (χ1n) is 6.55. The number of imide groups is 1. The molecule has 1 saturated heterocycles. The summed E-state index contributed by atoms with van der Waals surface area (Å²) < 4.78 is 0. The second-order valence-electron chi connectivity index (χ2n) is 5.37. The largest absolute Gasteiger partial charge is 0.299 e. The summed E-state index contributed by atoms with van der Waals surface area (Å²) in [4.78, 5) is 37.8. The van der Waals surface area contributed by atoms with Crippen LogP contribution in [-0.4, -0.2) is 17.6 Å². The SMILES string of the molecule is CC1CC2C(=O)N(c3ccccc3)C(=O)C2CC1=O. The van der Waals surface area contributed by atoms with Crippen LogP contribution in [0.2, 0.25) is 0 Å². The van der Waals surface area contributed by atoms with Crippen LogP contribution in [0.1, 0.15) is 19.8 Å². The molecule has 1 aliphatic heterocycles. The number of Topliss-reactive ketones (excluding diaryl/α,β-unsaturated/α-hetero) is 1. The molecular weight excluding hydrogens is 242 g/mol. The number of rotatable bonds is 1. The summed E-state index contributed by atoms with van der Waals surface area (Å²) in [5.74, 6) is -1.16. The van der Waals surface area contributed by atoms with Crippen LogP contribution >= 0.6 is 0 Å². The number of nitrogens with zero attached hydrogens (tertiary/aromatic N) is 1. The van der Waals surface area contributed by atoms with Crippen molar-refractivity contribution in [1.82, 2.24) is 0 Å². The van der Waals surface area contributed by atoms with Crippen molar-refractivity contribution in [2.75, 3.05) is 4.90 Å². The second kappa shape index (κ2) is 4.30. The van der Waals surface area contributed by atoms with Gasteiger partial charge in [-0.05, 0) is 18.6 Å². The second-order valence-corrected chi connectivity index (χ2v) is 5.37. The zero-order valence-corrected chi connectivity index (χ0v) is 10.7. The third kappa shape index (κ3) is 1.79. The monoisotopic (exact) mass is 257 g/mol. The Hall–Kier alpha value is -1.97. The Morgan fingerprint density at radius 1 is 1.00 bits per heavy atom. The van der Waals surface area contributed by atoms with Crippen LogP contribution in [0.4, 0.5) is 5.69 Å². The molecule has 19 heavy (non-hydrogen) atoms. The predicted octanol–water partition coefficient (Wildman–Crippen LogP) is 1.79. The molecule has 4 heteroatoms. The number of hydrogen-bond donors (Lipinski definition) is 0. The van der Waals surface area contributed by atoms with Gasteiger partial charge in [-0.3, -0.25) is 19.3 Å². The number of para-hydroxylation sites is 1. The summed E-state index contributed by atoms with van der Waals surface area (Å²) in [6.07, 6.45) is 0.706. The maximum atomic E-state index is 12.4. The van der Waals surface area contributed by atoms with Crippen molar-refractivity contribution in [3.63, 3.8) is 0 Å². The minimum absolute atomic E-state index is 0.0947. The summed E-state index contributed by atoms with van der Waals surface area (Å²) in [6, 6.07) is 8.93. The number of carbonyl (C=O) groups excluding carboxylic acids is 3. The normalized spacial score (nSPS) is 30.7. The first-order valence-corrected chi connectivity index (χ1v) is 6.55. The fourth-order valence-electron chi connectivity index (χ4n) is 3.04. The Bertz CT molecular complexity index is 552. The van der Waals surface area contributed by atoms with E-state index in [1.54, 1.807) is 24.3 Å². The lowest BCUT2D eigenvalue weighted by atomic mass is 9.75. The van der Waals surface area contributed by atoms with Crippen molar-refractivity contribution < 1.29 is 14.4 Å². The van der Waals surface area contributed by atoms with E-state index in [1.165, 1.54) is 4.90 Å². The average molecular weight is 257 g/mol. The third-order valence-corrected chi connectivity index (χ3v) is 4.15. The average Bonchev–Trinajstić information content (AvgIpc) is 2.64. The van der Waals surface area contributed by atoms with Gasteiger partial charge in [-0.2, -0.15) is 0 Å². The molecule has 4 nitrogen and oxygen atoms in total. The summed E-state index contributed by atoms with van der Waals surface area (Å²) in [5.41, 5.74) is 0.604. The Labute approximate surface area is 111 Å². The minimum atomic E-state index is -0.448. The molecule has 1 heterocycles. The summed E-state index contributed by atoms with van der Waals surface area (Å²) >= 11 is 0.